The van der Waals surface area contributed by atoms with Crippen LogP contribution in [0.15, 0.2) is 48.5 Å². The fraction of sp³-hybridized carbons (Fsp3) is 0.385. The largest absolute Gasteiger partial charge is 0.491 e. The van der Waals surface area contributed by atoms with Crippen LogP contribution >= 0.6 is 0 Å². The Balaban J connectivity index is 2.04. The molecular weight excluding hydrogens is 534 g/mol. The van der Waals surface area contributed by atoms with Crippen molar-refractivity contribution in [3.63, 3.8) is 0 Å². The number of benzene rings is 2. The highest BCUT2D eigenvalue weighted by molar-refractivity contribution is 6.10. The summed E-state index contributed by atoms with van der Waals surface area (Å²) in [5.74, 6) is -6.21. The van der Waals surface area contributed by atoms with Gasteiger partial charge in [0.05, 0.1) is 29.5 Å². The summed E-state index contributed by atoms with van der Waals surface area (Å²) >= 11 is 0. The van der Waals surface area contributed by atoms with Crippen LogP contribution in [0.2, 0.25) is 0 Å². The minimum Gasteiger partial charge on any atom is -0.491 e. The van der Waals surface area contributed by atoms with Gasteiger partial charge in [-0.15, -0.1) is 0 Å². The van der Waals surface area contributed by atoms with E-state index in [1.165, 1.54) is 24.3 Å². The van der Waals surface area contributed by atoms with Gasteiger partial charge in [-0.2, -0.15) is 13.2 Å². The highest BCUT2D eigenvalue weighted by Gasteiger charge is 2.43. The van der Waals surface area contributed by atoms with Crippen molar-refractivity contribution < 1.29 is 50.9 Å². The topological polar surface area (TPSA) is 99.1 Å². The summed E-state index contributed by atoms with van der Waals surface area (Å²) in [5.41, 5.74) is -3.39. The number of carbonyl (C=O) groups is 2. The lowest BCUT2D eigenvalue weighted by Crippen LogP contribution is -2.34. The van der Waals surface area contributed by atoms with Crippen LogP contribution in [0.3, 0.4) is 0 Å². The first-order valence-electron chi connectivity index (χ1n) is 11.8. The molecule has 0 saturated heterocycles. The molecule has 0 unspecified atom stereocenters. The summed E-state index contributed by atoms with van der Waals surface area (Å²) in [6.07, 6.45) is -8.22. The zero-order valence-corrected chi connectivity index (χ0v) is 20.6. The number of hydrogen-bond donors (Lipinski definition) is 3. The minimum atomic E-state index is -5.02. The fourth-order valence-electron chi connectivity index (χ4n) is 3.89. The van der Waals surface area contributed by atoms with Crippen LogP contribution in [0.4, 0.5) is 32.0 Å². The molecule has 39 heavy (non-hydrogen) atoms. The maximum Gasteiger partial charge on any atom is 0.417 e. The highest BCUT2D eigenvalue weighted by Crippen LogP contribution is 2.44. The number of ether oxygens (including phenoxy) is 1. The van der Waals surface area contributed by atoms with E-state index in [2.05, 4.69) is 5.32 Å². The first-order valence-corrected chi connectivity index (χ1v) is 11.8. The molecule has 0 spiro atoms. The zero-order valence-electron chi connectivity index (χ0n) is 20.6. The van der Waals surface area contributed by atoms with Crippen molar-refractivity contribution in [3.8, 4) is 5.75 Å². The number of alkyl halides is 6. The monoisotopic (exact) mass is 560 g/mol. The number of amides is 2. The second kappa shape index (κ2) is 12.1. The summed E-state index contributed by atoms with van der Waals surface area (Å²) in [6, 6.07) is 7.68. The number of hydrogen-bond acceptors (Lipinski definition) is 5. The average Bonchev–Trinajstić information content (AvgIpc) is 2.98. The van der Waals surface area contributed by atoms with E-state index < -0.39 is 85.6 Å². The molecule has 0 bridgehead atoms. The first-order chi connectivity index (χ1) is 18.2. The number of nitrogens with one attached hydrogen (secondary N) is 1. The van der Waals surface area contributed by atoms with Gasteiger partial charge in [-0.1, -0.05) is 18.2 Å². The van der Waals surface area contributed by atoms with E-state index in [-0.39, 0.29) is 17.0 Å². The van der Waals surface area contributed by atoms with Gasteiger partial charge in [-0.05, 0) is 31.2 Å². The van der Waals surface area contributed by atoms with E-state index >= 15 is 8.78 Å². The molecule has 2 atom stereocenters. The number of halogens is 6. The molecule has 3 N–H and O–H groups in total. The molecule has 1 heterocycles. The molecule has 2 amide bonds. The van der Waals surface area contributed by atoms with Gasteiger partial charge in [0.1, 0.15) is 18.5 Å². The second-order valence-corrected chi connectivity index (χ2v) is 8.86. The van der Waals surface area contributed by atoms with Crippen molar-refractivity contribution >= 4 is 23.1 Å². The number of carbonyl (C=O) groups excluding carboxylic acids is 2. The highest BCUT2D eigenvalue weighted by atomic mass is 19.4. The predicted octanol–water partition coefficient (Wildman–Crippen LogP) is 3.98. The van der Waals surface area contributed by atoms with Gasteiger partial charge in [0.2, 0.25) is 5.91 Å². The Morgan fingerprint density at radius 2 is 1.90 bits per heavy atom. The molecule has 3 rings (SSSR count). The van der Waals surface area contributed by atoms with E-state index in [1.807, 2.05) is 0 Å². The molecule has 1 aliphatic heterocycles. The van der Waals surface area contributed by atoms with Crippen LogP contribution < -0.4 is 15.0 Å². The third kappa shape index (κ3) is 7.30. The lowest BCUT2D eigenvalue weighted by molar-refractivity contribution is -0.138. The van der Waals surface area contributed by atoms with Gasteiger partial charge < -0.3 is 25.2 Å². The molecule has 0 radical (unpaired) electrons. The molecule has 0 aliphatic carbocycles. The van der Waals surface area contributed by atoms with E-state index in [4.69, 9.17) is 9.84 Å². The third-order valence-electron chi connectivity index (χ3n) is 5.78. The van der Waals surface area contributed by atoms with Crippen LogP contribution in [0.5, 0.6) is 5.75 Å². The third-order valence-corrected chi connectivity index (χ3v) is 5.78. The number of aliphatic hydroxyl groups excluding tert-OH is 2. The quantitative estimate of drug-likeness (QED) is 0.335. The number of para-hydroxylation sites is 1. The van der Waals surface area contributed by atoms with Crippen molar-refractivity contribution in [3.05, 3.63) is 65.2 Å². The Hall–Kier alpha value is -3.58. The molecule has 2 aromatic rings. The minimum absolute atomic E-state index is 0.145. The molecular formula is C26H26F6N2O5. The Morgan fingerprint density at radius 3 is 2.54 bits per heavy atom. The van der Waals surface area contributed by atoms with Crippen LogP contribution in [-0.2, 0) is 11.0 Å². The molecule has 1 aliphatic rings. The number of aliphatic hydroxyl groups is 2. The van der Waals surface area contributed by atoms with E-state index in [0.717, 1.165) is 24.0 Å². The molecule has 13 heteroatoms. The van der Waals surface area contributed by atoms with Crippen molar-refractivity contribution in [2.75, 3.05) is 31.2 Å². The normalized spacial score (nSPS) is 17.7. The Morgan fingerprint density at radius 1 is 1.21 bits per heavy atom. The zero-order chi connectivity index (χ0) is 29.0. The van der Waals surface area contributed by atoms with Crippen LogP contribution in [0.25, 0.3) is 5.57 Å². The average molecular weight is 560 g/mol. The van der Waals surface area contributed by atoms with E-state index in [9.17, 15) is 32.3 Å². The summed E-state index contributed by atoms with van der Waals surface area (Å²) < 4.78 is 90.3. The van der Waals surface area contributed by atoms with Crippen molar-refractivity contribution in [1.82, 2.24) is 5.32 Å². The summed E-state index contributed by atoms with van der Waals surface area (Å²) in [6.45, 7) is -1.13. The standard InChI is InChI=1S/C26H26F6N2O5/c1-15(27)14-39-17-6-7-19(21(10-17)26(30,31)32)24(38)34-9-8-25(28,29)20(18-4-2-3-5-22(18)34)11-23(37)33-12-16(36)13-35/h2-7,10-11,15-16,35-36H,8-9,12-14H2,1H3,(H,33,37)/t15-,16-/m0/s1. The van der Waals surface area contributed by atoms with Crippen molar-refractivity contribution in [2.45, 2.75) is 37.7 Å². The fourth-order valence-corrected chi connectivity index (χ4v) is 3.89. The van der Waals surface area contributed by atoms with Crippen molar-refractivity contribution in [2.24, 2.45) is 0 Å². The molecule has 2 aromatic carbocycles. The van der Waals surface area contributed by atoms with Gasteiger partial charge in [0, 0.05) is 36.7 Å². The number of rotatable bonds is 8. The van der Waals surface area contributed by atoms with E-state index in [0.29, 0.717) is 12.1 Å². The SMILES string of the molecule is C[C@H](F)COc1ccc(C(=O)N2CCC(F)(F)C(=CC(=O)NC[C@H](O)CO)c3ccccc32)c(C(F)(F)F)c1. The maximum absolute atomic E-state index is 15.2. The summed E-state index contributed by atoms with van der Waals surface area (Å²) in [7, 11) is 0. The molecule has 7 nitrogen and oxygen atoms in total. The lowest BCUT2D eigenvalue weighted by Gasteiger charge is -2.24. The van der Waals surface area contributed by atoms with Gasteiger partial charge in [-0.3, -0.25) is 9.59 Å². The molecule has 0 aromatic heterocycles. The predicted molar refractivity (Wildman–Crippen MR) is 129 cm³/mol. The number of fused-ring (bicyclic) bond motifs is 1. The number of allylic oxidation sites excluding steroid dienone is 1. The van der Waals surface area contributed by atoms with E-state index in [1.54, 1.807) is 0 Å². The molecule has 0 fully saturated rings. The number of nitrogens with zero attached hydrogens (tertiary/aromatic N) is 1. The number of anilines is 1. The summed E-state index contributed by atoms with van der Waals surface area (Å²) in [4.78, 5) is 26.5. The van der Waals surface area contributed by atoms with Gasteiger partial charge in [-0.25, -0.2) is 13.2 Å². The first kappa shape index (κ1) is 30.0. The second-order valence-electron chi connectivity index (χ2n) is 8.86. The lowest BCUT2D eigenvalue weighted by atomic mass is 9.97. The Labute approximate surface area is 219 Å². The van der Waals surface area contributed by atoms with Gasteiger partial charge in [0.15, 0.2) is 0 Å². The van der Waals surface area contributed by atoms with Gasteiger partial charge in [0.25, 0.3) is 11.8 Å². The van der Waals surface area contributed by atoms with Crippen LogP contribution in [0.1, 0.15) is 34.8 Å². The maximum atomic E-state index is 15.2. The molecule has 212 valence electrons. The molecule has 0 saturated carbocycles. The Kier molecular flexibility index (Phi) is 9.28. The van der Waals surface area contributed by atoms with Crippen molar-refractivity contribution in [1.29, 1.82) is 0 Å². The Bertz CT molecular complexity index is 1230. The van der Waals surface area contributed by atoms with Crippen LogP contribution in [-0.4, -0.2) is 66.5 Å². The summed E-state index contributed by atoms with van der Waals surface area (Å²) in [5, 5.41) is 20.4. The smallest absolute Gasteiger partial charge is 0.417 e. The van der Waals surface area contributed by atoms with Gasteiger partial charge >= 0.3 is 6.18 Å². The van der Waals surface area contributed by atoms with Crippen LogP contribution in [0, 0.1) is 0 Å².